The van der Waals surface area contributed by atoms with E-state index in [0.29, 0.717) is 5.82 Å². The van der Waals surface area contributed by atoms with Crippen molar-refractivity contribution in [1.82, 2.24) is 10.3 Å². The monoisotopic (exact) mass is 369 g/mol. The number of aromatic nitrogens is 1. The molecule has 7 nitrogen and oxygen atoms in total. The highest BCUT2D eigenvalue weighted by Crippen LogP contribution is 2.23. The predicted octanol–water partition coefficient (Wildman–Crippen LogP) is 2.95. The Morgan fingerprint density at radius 1 is 1.00 bits per heavy atom. The van der Waals surface area contributed by atoms with Crippen molar-refractivity contribution in [3.63, 3.8) is 0 Å². The molecule has 0 spiro atoms. The van der Waals surface area contributed by atoms with Crippen LogP contribution in [0.3, 0.4) is 0 Å². The highest BCUT2D eigenvalue weighted by atomic mass is 16.5. The molecule has 27 heavy (non-hydrogen) atoms. The number of piperazine rings is 1. The first-order valence-electron chi connectivity index (χ1n) is 9.22. The minimum Gasteiger partial charge on any atom is -0.497 e. The van der Waals surface area contributed by atoms with Crippen LogP contribution in [0.1, 0.15) is 13.8 Å². The molecule has 1 fully saturated rings. The molecule has 0 unspecified atom stereocenters. The molecular weight excluding hydrogens is 342 g/mol. The van der Waals surface area contributed by atoms with Crippen molar-refractivity contribution in [3.8, 4) is 5.75 Å². The number of pyridine rings is 1. The normalized spacial score (nSPS) is 14.2. The smallest absolute Gasteiger partial charge is 0.320 e. The summed E-state index contributed by atoms with van der Waals surface area (Å²) >= 11 is 0. The Balaban J connectivity index is 1.53. The number of hydrogen-bond donors (Lipinski definition) is 2. The fraction of sp³-hybridized carbons (Fsp3) is 0.400. The maximum Gasteiger partial charge on any atom is 0.320 e. The summed E-state index contributed by atoms with van der Waals surface area (Å²) in [6.07, 6.45) is 1.81. The van der Waals surface area contributed by atoms with E-state index < -0.39 is 0 Å². The number of amides is 2. The van der Waals surface area contributed by atoms with Crippen LogP contribution in [0.25, 0.3) is 0 Å². The molecule has 0 bridgehead atoms. The summed E-state index contributed by atoms with van der Waals surface area (Å²) in [5.74, 6) is 1.42. The molecular formula is C20H27N5O2. The summed E-state index contributed by atoms with van der Waals surface area (Å²) in [7, 11) is 1.68. The number of nitrogens with zero attached hydrogens (tertiary/aromatic N) is 3. The van der Waals surface area contributed by atoms with E-state index in [2.05, 4.69) is 37.6 Å². The lowest BCUT2D eigenvalue weighted by Gasteiger charge is -2.37. The maximum absolute atomic E-state index is 11.7. The number of hydrogen-bond acceptors (Lipinski definition) is 5. The van der Waals surface area contributed by atoms with E-state index in [1.54, 1.807) is 7.11 Å². The molecule has 0 aliphatic carbocycles. The van der Waals surface area contributed by atoms with Gasteiger partial charge in [-0.2, -0.15) is 0 Å². The van der Waals surface area contributed by atoms with Crippen molar-refractivity contribution in [2.24, 2.45) is 0 Å². The van der Waals surface area contributed by atoms with Crippen LogP contribution in [0.2, 0.25) is 0 Å². The van der Waals surface area contributed by atoms with E-state index in [1.165, 1.54) is 5.69 Å². The first-order valence-corrected chi connectivity index (χ1v) is 9.22. The van der Waals surface area contributed by atoms with Gasteiger partial charge in [-0.1, -0.05) is 0 Å². The van der Waals surface area contributed by atoms with E-state index >= 15 is 0 Å². The first-order chi connectivity index (χ1) is 13.0. The Labute approximate surface area is 160 Å². The number of urea groups is 1. The third-order valence-electron chi connectivity index (χ3n) is 4.49. The molecule has 1 aromatic carbocycles. The van der Waals surface area contributed by atoms with Crippen LogP contribution in [0.15, 0.2) is 42.6 Å². The van der Waals surface area contributed by atoms with Crippen molar-refractivity contribution in [1.29, 1.82) is 0 Å². The van der Waals surface area contributed by atoms with E-state index in [4.69, 9.17) is 4.74 Å². The Morgan fingerprint density at radius 2 is 1.59 bits per heavy atom. The molecule has 1 aromatic heterocycles. The highest BCUT2D eigenvalue weighted by Gasteiger charge is 2.18. The Morgan fingerprint density at radius 3 is 2.11 bits per heavy atom. The van der Waals surface area contributed by atoms with Gasteiger partial charge in [-0.05, 0) is 50.2 Å². The number of rotatable bonds is 5. The lowest BCUT2D eigenvalue weighted by atomic mass is 10.2. The number of carbonyl (C=O) groups excluding carboxylic acids is 1. The summed E-state index contributed by atoms with van der Waals surface area (Å²) in [5.41, 5.74) is 2.28. The summed E-state index contributed by atoms with van der Waals surface area (Å²) in [6, 6.07) is 11.9. The predicted molar refractivity (Wildman–Crippen MR) is 109 cm³/mol. The minimum atomic E-state index is -0.238. The van der Waals surface area contributed by atoms with Crippen LogP contribution in [-0.2, 0) is 0 Å². The van der Waals surface area contributed by atoms with Gasteiger partial charge in [0.05, 0.1) is 19.0 Å². The maximum atomic E-state index is 11.7. The zero-order valence-electron chi connectivity index (χ0n) is 16.1. The molecule has 2 N–H and O–H groups in total. The Hall–Kier alpha value is -2.96. The molecule has 0 atom stereocenters. The zero-order chi connectivity index (χ0) is 19.2. The minimum absolute atomic E-state index is 0.0891. The third kappa shape index (κ3) is 5.03. The van der Waals surface area contributed by atoms with Gasteiger partial charge in [0.2, 0.25) is 0 Å². The van der Waals surface area contributed by atoms with E-state index in [9.17, 15) is 4.79 Å². The molecule has 144 valence electrons. The Bertz CT molecular complexity index is 738. The average molecular weight is 369 g/mol. The molecule has 2 amide bonds. The van der Waals surface area contributed by atoms with Crippen LogP contribution in [0.4, 0.5) is 22.0 Å². The zero-order valence-corrected chi connectivity index (χ0v) is 16.1. The lowest BCUT2D eigenvalue weighted by Crippen LogP contribution is -2.46. The van der Waals surface area contributed by atoms with Gasteiger partial charge >= 0.3 is 6.03 Å². The van der Waals surface area contributed by atoms with Gasteiger partial charge in [0.15, 0.2) is 0 Å². The molecule has 2 heterocycles. The number of methoxy groups -OCH3 is 1. The number of carbonyl (C=O) groups is 1. The lowest BCUT2D eigenvalue weighted by molar-refractivity contribution is 0.250. The van der Waals surface area contributed by atoms with Crippen molar-refractivity contribution in [3.05, 3.63) is 42.6 Å². The Kier molecular flexibility index (Phi) is 6.01. The second kappa shape index (κ2) is 8.62. The van der Waals surface area contributed by atoms with Gasteiger partial charge in [0.25, 0.3) is 0 Å². The average Bonchev–Trinajstić information content (AvgIpc) is 2.68. The largest absolute Gasteiger partial charge is 0.497 e. The number of anilines is 3. The van der Waals surface area contributed by atoms with Crippen LogP contribution in [0, 0.1) is 0 Å². The molecule has 0 saturated carbocycles. The van der Waals surface area contributed by atoms with E-state index in [0.717, 1.165) is 37.6 Å². The van der Waals surface area contributed by atoms with Crippen molar-refractivity contribution < 1.29 is 9.53 Å². The molecule has 2 aromatic rings. The van der Waals surface area contributed by atoms with Crippen LogP contribution >= 0.6 is 0 Å². The van der Waals surface area contributed by atoms with E-state index in [1.807, 2.05) is 44.3 Å². The summed E-state index contributed by atoms with van der Waals surface area (Å²) in [5, 5.41) is 5.53. The molecule has 1 saturated heterocycles. The van der Waals surface area contributed by atoms with Crippen LogP contribution < -0.4 is 25.2 Å². The van der Waals surface area contributed by atoms with Gasteiger partial charge in [0, 0.05) is 37.9 Å². The fourth-order valence-electron chi connectivity index (χ4n) is 3.08. The molecule has 0 radical (unpaired) electrons. The van der Waals surface area contributed by atoms with Gasteiger partial charge in [-0.25, -0.2) is 9.78 Å². The second-order valence-corrected chi connectivity index (χ2v) is 6.83. The van der Waals surface area contributed by atoms with Gasteiger partial charge in [-0.15, -0.1) is 0 Å². The highest BCUT2D eigenvalue weighted by molar-refractivity contribution is 5.88. The molecule has 3 rings (SSSR count). The summed E-state index contributed by atoms with van der Waals surface area (Å²) in [6.45, 7) is 7.58. The van der Waals surface area contributed by atoms with Crippen LogP contribution in [-0.4, -0.2) is 50.3 Å². The van der Waals surface area contributed by atoms with Crippen LogP contribution in [0.5, 0.6) is 5.75 Å². The van der Waals surface area contributed by atoms with Gasteiger partial charge in [-0.3, -0.25) is 5.32 Å². The quantitative estimate of drug-likeness (QED) is 0.848. The SMILES string of the molecule is COc1ccc(N2CCN(c3ccc(NC(=O)NC(C)C)nc3)CC2)cc1. The summed E-state index contributed by atoms with van der Waals surface area (Å²) in [4.78, 5) is 20.8. The second-order valence-electron chi connectivity index (χ2n) is 6.83. The number of benzene rings is 1. The van der Waals surface area contributed by atoms with Crippen molar-refractivity contribution in [2.75, 3.05) is 48.4 Å². The number of nitrogens with one attached hydrogen (secondary N) is 2. The third-order valence-corrected chi connectivity index (χ3v) is 4.49. The van der Waals surface area contributed by atoms with Crippen molar-refractivity contribution in [2.45, 2.75) is 19.9 Å². The van der Waals surface area contributed by atoms with E-state index in [-0.39, 0.29) is 12.1 Å². The first kappa shape index (κ1) is 18.8. The standard InChI is InChI=1S/C20H27N5O2/c1-15(2)22-20(26)23-19-9-6-17(14-21-19)25-12-10-24(11-13-25)16-4-7-18(27-3)8-5-16/h4-9,14-15H,10-13H2,1-3H3,(H2,21,22,23,26). The molecule has 1 aliphatic heterocycles. The van der Waals surface area contributed by atoms with Gasteiger partial charge in [0.1, 0.15) is 11.6 Å². The topological polar surface area (TPSA) is 69.7 Å². The summed E-state index contributed by atoms with van der Waals surface area (Å²) < 4.78 is 5.22. The molecule has 7 heteroatoms. The number of ether oxygens (including phenoxy) is 1. The van der Waals surface area contributed by atoms with Gasteiger partial charge < -0.3 is 19.9 Å². The van der Waals surface area contributed by atoms with Crippen molar-refractivity contribution >= 4 is 23.2 Å². The molecule has 1 aliphatic rings. The fourth-order valence-corrected chi connectivity index (χ4v) is 3.08.